The van der Waals surface area contributed by atoms with Gasteiger partial charge in [0.1, 0.15) is 0 Å². The van der Waals surface area contributed by atoms with Gasteiger partial charge in [-0.1, -0.05) is 12.8 Å². The molecule has 1 saturated carbocycles. The third-order valence-corrected chi connectivity index (χ3v) is 4.28. The van der Waals surface area contributed by atoms with Gasteiger partial charge >= 0.3 is 0 Å². The molecule has 2 rings (SSSR count). The van der Waals surface area contributed by atoms with Gasteiger partial charge in [-0.3, -0.25) is 4.79 Å². The Bertz CT molecular complexity index is 297. The van der Waals surface area contributed by atoms with Crippen LogP contribution in [0.4, 0.5) is 0 Å². The summed E-state index contributed by atoms with van der Waals surface area (Å²) in [6, 6.07) is 0.503. The lowest BCUT2D eigenvalue weighted by atomic mass is 9.94. The SMILES string of the molecule is CN(CC1(O)CCOCC1)C(=O)CNC1CCCC1. The molecule has 5 heteroatoms. The highest BCUT2D eigenvalue weighted by Crippen LogP contribution is 2.21. The highest BCUT2D eigenvalue weighted by molar-refractivity contribution is 5.78. The second-order valence-corrected chi connectivity index (χ2v) is 5.95. The molecule has 1 aliphatic carbocycles. The summed E-state index contributed by atoms with van der Waals surface area (Å²) in [7, 11) is 1.77. The first-order valence-electron chi connectivity index (χ1n) is 7.37. The van der Waals surface area contributed by atoms with Crippen molar-refractivity contribution >= 4 is 5.91 Å². The van der Waals surface area contributed by atoms with Crippen LogP contribution < -0.4 is 5.32 Å². The zero-order valence-corrected chi connectivity index (χ0v) is 11.9. The van der Waals surface area contributed by atoms with Gasteiger partial charge in [0, 0.05) is 45.7 Å². The summed E-state index contributed by atoms with van der Waals surface area (Å²) in [6.45, 7) is 1.95. The topological polar surface area (TPSA) is 61.8 Å². The summed E-state index contributed by atoms with van der Waals surface area (Å²) >= 11 is 0. The van der Waals surface area contributed by atoms with Crippen molar-refractivity contribution in [2.75, 3.05) is 33.4 Å². The van der Waals surface area contributed by atoms with Crippen LogP contribution >= 0.6 is 0 Å². The van der Waals surface area contributed by atoms with Gasteiger partial charge in [-0.15, -0.1) is 0 Å². The van der Waals surface area contributed by atoms with E-state index < -0.39 is 5.60 Å². The molecule has 1 amide bonds. The lowest BCUT2D eigenvalue weighted by molar-refractivity contribution is -0.135. The molecule has 0 aromatic heterocycles. The first kappa shape index (κ1) is 14.8. The van der Waals surface area contributed by atoms with E-state index in [9.17, 15) is 9.90 Å². The van der Waals surface area contributed by atoms with Crippen molar-refractivity contribution in [3.8, 4) is 0 Å². The lowest BCUT2D eigenvalue weighted by Gasteiger charge is -2.35. The van der Waals surface area contributed by atoms with Crippen molar-refractivity contribution in [2.24, 2.45) is 0 Å². The molecule has 110 valence electrons. The van der Waals surface area contributed by atoms with Gasteiger partial charge in [0.2, 0.25) is 5.91 Å². The predicted octanol–water partition coefficient (Wildman–Crippen LogP) is 0.518. The molecule has 0 atom stereocenters. The molecule has 0 aromatic carbocycles. The van der Waals surface area contributed by atoms with E-state index in [-0.39, 0.29) is 5.91 Å². The maximum atomic E-state index is 12.0. The van der Waals surface area contributed by atoms with Crippen LogP contribution in [-0.4, -0.2) is 60.9 Å². The van der Waals surface area contributed by atoms with Crippen LogP contribution in [0.25, 0.3) is 0 Å². The Morgan fingerprint density at radius 2 is 2.00 bits per heavy atom. The summed E-state index contributed by atoms with van der Waals surface area (Å²) < 4.78 is 5.25. The molecule has 2 aliphatic rings. The van der Waals surface area contributed by atoms with E-state index in [0.29, 0.717) is 45.2 Å². The summed E-state index contributed by atoms with van der Waals surface area (Å²) in [6.07, 6.45) is 6.11. The monoisotopic (exact) mass is 270 g/mol. The average molecular weight is 270 g/mol. The van der Waals surface area contributed by atoms with Crippen LogP contribution in [0.2, 0.25) is 0 Å². The average Bonchev–Trinajstić information content (AvgIpc) is 2.89. The summed E-state index contributed by atoms with van der Waals surface area (Å²) in [5.41, 5.74) is -0.768. The van der Waals surface area contributed by atoms with Crippen molar-refractivity contribution in [2.45, 2.75) is 50.2 Å². The van der Waals surface area contributed by atoms with Gasteiger partial charge in [0.25, 0.3) is 0 Å². The minimum atomic E-state index is -0.768. The molecular formula is C14H26N2O3. The molecule has 1 aliphatic heterocycles. The van der Waals surface area contributed by atoms with Crippen LogP contribution in [0.5, 0.6) is 0 Å². The fraction of sp³-hybridized carbons (Fsp3) is 0.929. The van der Waals surface area contributed by atoms with E-state index in [1.54, 1.807) is 11.9 Å². The molecule has 1 heterocycles. The van der Waals surface area contributed by atoms with Crippen LogP contribution in [0, 0.1) is 0 Å². The Balaban J connectivity index is 1.71. The number of amides is 1. The van der Waals surface area contributed by atoms with Gasteiger partial charge < -0.3 is 20.1 Å². The van der Waals surface area contributed by atoms with E-state index in [1.165, 1.54) is 25.7 Å². The molecule has 0 bridgehead atoms. The third-order valence-electron chi connectivity index (χ3n) is 4.28. The quantitative estimate of drug-likeness (QED) is 0.764. The number of aliphatic hydroxyl groups is 1. The number of nitrogens with zero attached hydrogens (tertiary/aromatic N) is 1. The van der Waals surface area contributed by atoms with E-state index in [1.807, 2.05) is 0 Å². The van der Waals surface area contributed by atoms with Gasteiger partial charge in [-0.2, -0.15) is 0 Å². The smallest absolute Gasteiger partial charge is 0.236 e. The second kappa shape index (κ2) is 6.68. The van der Waals surface area contributed by atoms with Crippen LogP contribution in [0.1, 0.15) is 38.5 Å². The van der Waals surface area contributed by atoms with Crippen LogP contribution in [0.15, 0.2) is 0 Å². The van der Waals surface area contributed by atoms with Gasteiger partial charge in [-0.25, -0.2) is 0 Å². The molecule has 1 saturated heterocycles. The Morgan fingerprint density at radius 1 is 1.37 bits per heavy atom. The van der Waals surface area contributed by atoms with Crippen molar-refractivity contribution in [1.29, 1.82) is 0 Å². The molecular weight excluding hydrogens is 244 g/mol. The third kappa shape index (κ3) is 4.44. The predicted molar refractivity (Wildman–Crippen MR) is 72.9 cm³/mol. The number of hydrogen-bond acceptors (Lipinski definition) is 4. The van der Waals surface area contributed by atoms with Crippen molar-refractivity contribution in [3.63, 3.8) is 0 Å². The molecule has 0 aromatic rings. The maximum absolute atomic E-state index is 12.0. The Hall–Kier alpha value is -0.650. The fourth-order valence-electron chi connectivity index (χ4n) is 2.94. The number of carbonyl (C=O) groups excluding carboxylic acids is 1. The number of rotatable bonds is 5. The normalized spacial score (nSPS) is 23.5. The second-order valence-electron chi connectivity index (χ2n) is 5.95. The molecule has 0 radical (unpaired) electrons. The van der Waals surface area contributed by atoms with E-state index in [2.05, 4.69) is 5.32 Å². The summed E-state index contributed by atoms with van der Waals surface area (Å²) in [4.78, 5) is 13.7. The van der Waals surface area contributed by atoms with E-state index in [4.69, 9.17) is 4.74 Å². The summed E-state index contributed by atoms with van der Waals surface area (Å²) in [5.74, 6) is 0.0619. The fourth-order valence-corrected chi connectivity index (χ4v) is 2.94. The highest BCUT2D eigenvalue weighted by atomic mass is 16.5. The Morgan fingerprint density at radius 3 is 2.63 bits per heavy atom. The van der Waals surface area contributed by atoms with Crippen molar-refractivity contribution < 1.29 is 14.6 Å². The van der Waals surface area contributed by atoms with Crippen LogP contribution in [0.3, 0.4) is 0 Å². The standard InChI is InChI=1S/C14H26N2O3/c1-16(11-14(18)6-8-19-9-7-14)13(17)10-15-12-4-2-3-5-12/h12,15,18H,2-11H2,1H3. The minimum absolute atomic E-state index is 0.0619. The molecule has 0 unspecified atom stereocenters. The number of carbonyl (C=O) groups is 1. The van der Waals surface area contributed by atoms with Crippen molar-refractivity contribution in [1.82, 2.24) is 10.2 Å². The summed E-state index contributed by atoms with van der Waals surface area (Å²) in [5, 5.41) is 13.7. The molecule has 2 N–H and O–H groups in total. The number of hydrogen-bond donors (Lipinski definition) is 2. The zero-order chi connectivity index (χ0) is 13.7. The van der Waals surface area contributed by atoms with Crippen LogP contribution in [-0.2, 0) is 9.53 Å². The zero-order valence-electron chi connectivity index (χ0n) is 11.9. The van der Waals surface area contributed by atoms with Gasteiger partial charge in [0.15, 0.2) is 0 Å². The highest BCUT2D eigenvalue weighted by Gasteiger charge is 2.32. The largest absolute Gasteiger partial charge is 0.388 e. The van der Waals surface area contributed by atoms with Gasteiger partial charge in [-0.05, 0) is 12.8 Å². The molecule has 19 heavy (non-hydrogen) atoms. The lowest BCUT2D eigenvalue weighted by Crippen LogP contribution is -2.49. The Kier molecular flexibility index (Phi) is 5.19. The number of likely N-dealkylation sites (N-methyl/N-ethyl adjacent to an activating group) is 1. The molecule has 0 spiro atoms. The van der Waals surface area contributed by atoms with Crippen molar-refractivity contribution in [3.05, 3.63) is 0 Å². The van der Waals surface area contributed by atoms with E-state index >= 15 is 0 Å². The first-order valence-corrected chi connectivity index (χ1v) is 7.37. The van der Waals surface area contributed by atoms with E-state index in [0.717, 1.165) is 0 Å². The molecule has 2 fully saturated rings. The molecule has 5 nitrogen and oxygen atoms in total. The number of ether oxygens (including phenoxy) is 1. The minimum Gasteiger partial charge on any atom is -0.388 e. The first-order chi connectivity index (χ1) is 9.09. The maximum Gasteiger partial charge on any atom is 0.236 e. The number of nitrogens with one attached hydrogen (secondary N) is 1. The Labute approximate surface area is 115 Å². The van der Waals surface area contributed by atoms with Gasteiger partial charge in [0.05, 0.1) is 12.1 Å².